The van der Waals surface area contributed by atoms with Crippen molar-refractivity contribution in [3.8, 4) is 22.2 Å². The van der Waals surface area contributed by atoms with Gasteiger partial charge in [0.1, 0.15) is 17.2 Å². The number of rotatable bonds is 6. The fourth-order valence-corrected chi connectivity index (χ4v) is 4.22. The van der Waals surface area contributed by atoms with Crippen LogP contribution in [-0.2, 0) is 5.75 Å². The van der Waals surface area contributed by atoms with Gasteiger partial charge in [0.25, 0.3) is 0 Å². The molecule has 0 aliphatic rings. The number of nitrogens with zero attached hydrogens (tertiary/aromatic N) is 5. The summed E-state index contributed by atoms with van der Waals surface area (Å²) in [6, 6.07) is 9.79. The monoisotopic (exact) mass is 399 g/mol. The number of hydrogen-bond acceptors (Lipinski definition) is 8. The van der Waals surface area contributed by atoms with Gasteiger partial charge in [-0.3, -0.25) is 0 Å². The van der Waals surface area contributed by atoms with E-state index in [9.17, 15) is 0 Å². The molecule has 138 valence electrons. The van der Waals surface area contributed by atoms with Crippen LogP contribution in [0.15, 0.2) is 45.3 Å². The smallest absolute Gasteiger partial charge is 0.214 e. The lowest BCUT2D eigenvalue weighted by molar-refractivity contribution is 0.410. The molecule has 0 bridgehead atoms. The molecule has 1 aromatic carbocycles. The number of thiazole rings is 1. The molecular formula is C18H17N5O2S2. The van der Waals surface area contributed by atoms with E-state index in [0.29, 0.717) is 10.9 Å². The molecule has 7 nitrogen and oxygen atoms in total. The normalized spacial score (nSPS) is 11.1. The molecule has 0 aliphatic carbocycles. The Kier molecular flexibility index (Phi) is 4.95. The van der Waals surface area contributed by atoms with E-state index in [1.54, 1.807) is 23.1 Å². The van der Waals surface area contributed by atoms with Crippen LogP contribution in [0.4, 0.5) is 0 Å². The predicted octanol–water partition coefficient (Wildman–Crippen LogP) is 4.30. The second kappa shape index (κ2) is 7.53. The van der Waals surface area contributed by atoms with E-state index in [1.165, 1.54) is 11.8 Å². The number of aryl methyl sites for hydroxylation is 2. The van der Waals surface area contributed by atoms with Gasteiger partial charge in [-0.1, -0.05) is 17.8 Å². The molecule has 3 aromatic heterocycles. The Morgan fingerprint density at radius 2 is 2.11 bits per heavy atom. The third-order valence-electron chi connectivity index (χ3n) is 3.86. The summed E-state index contributed by atoms with van der Waals surface area (Å²) < 4.78 is 12.8. The van der Waals surface area contributed by atoms with Gasteiger partial charge in [0.05, 0.1) is 12.8 Å². The highest BCUT2D eigenvalue weighted by molar-refractivity contribution is 7.98. The Hall–Kier alpha value is -2.65. The van der Waals surface area contributed by atoms with Crippen molar-refractivity contribution in [3.63, 3.8) is 0 Å². The predicted molar refractivity (Wildman–Crippen MR) is 105 cm³/mol. The molecule has 0 atom stereocenters. The summed E-state index contributed by atoms with van der Waals surface area (Å²) in [5, 5.41) is 15.7. The number of hydrogen-bond donors (Lipinski definition) is 0. The second-order valence-corrected chi connectivity index (χ2v) is 7.69. The lowest BCUT2D eigenvalue weighted by Gasteiger charge is -2.10. The third-order valence-corrected chi connectivity index (χ3v) is 5.71. The fourth-order valence-electron chi connectivity index (χ4n) is 2.56. The highest BCUT2D eigenvalue weighted by Gasteiger charge is 2.15. The first-order chi connectivity index (χ1) is 13.1. The van der Waals surface area contributed by atoms with Crippen molar-refractivity contribution in [1.82, 2.24) is 25.2 Å². The van der Waals surface area contributed by atoms with Crippen LogP contribution in [-0.4, -0.2) is 32.3 Å². The first kappa shape index (κ1) is 17.7. The van der Waals surface area contributed by atoms with Crippen LogP contribution in [0.3, 0.4) is 0 Å². The van der Waals surface area contributed by atoms with Crippen LogP contribution in [0.25, 0.3) is 16.5 Å². The summed E-state index contributed by atoms with van der Waals surface area (Å²) in [6.07, 6.45) is 0. The number of tetrazole rings is 1. The van der Waals surface area contributed by atoms with Gasteiger partial charge in [-0.15, -0.1) is 16.4 Å². The molecule has 4 aromatic rings. The van der Waals surface area contributed by atoms with Crippen LogP contribution < -0.4 is 4.74 Å². The SMILES string of the molecule is COc1ccc(C)cc1-n1nnnc1SCc1csc(-c2ccc(C)o2)n1. The van der Waals surface area contributed by atoms with Gasteiger partial charge in [0, 0.05) is 11.1 Å². The molecule has 0 fully saturated rings. The average Bonchev–Trinajstić information content (AvgIpc) is 3.40. The maximum Gasteiger partial charge on any atom is 0.214 e. The highest BCUT2D eigenvalue weighted by atomic mass is 32.2. The lowest BCUT2D eigenvalue weighted by atomic mass is 10.2. The van der Waals surface area contributed by atoms with Gasteiger partial charge in [-0.25, -0.2) is 4.98 Å². The van der Waals surface area contributed by atoms with E-state index in [2.05, 4.69) is 20.5 Å². The molecule has 0 saturated heterocycles. The minimum Gasteiger partial charge on any atom is -0.494 e. The molecular weight excluding hydrogens is 382 g/mol. The zero-order chi connectivity index (χ0) is 18.8. The second-order valence-electron chi connectivity index (χ2n) is 5.89. The van der Waals surface area contributed by atoms with Crippen LogP contribution in [0.5, 0.6) is 5.75 Å². The maximum absolute atomic E-state index is 5.64. The Morgan fingerprint density at radius 1 is 1.22 bits per heavy atom. The van der Waals surface area contributed by atoms with Gasteiger partial charge < -0.3 is 9.15 Å². The topological polar surface area (TPSA) is 78.9 Å². The van der Waals surface area contributed by atoms with Crippen LogP contribution in [0.2, 0.25) is 0 Å². The van der Waals surface area contributed by atoms with Gasteiger partial charge in [0.15, 0.2) is 10.8 Å². The number of methoxy groups -OCH3 is 1. The van der Waals surface area contributed by atoms with Crippen molar-refractivity contribution in [1.29, 1.82) is 0 Å². The molecule has 0 saturated carbocycles. The van der Waals surface area contributed by atoms with E-state index >= 15 is 0 Å². The summed E-state index contributed by atoms with van der Waals surface area (Å²) in [4.78, 5) is 4.64. The van der Waals surface area contributed by atoms with Crippen molar-refractivity contribution in [2.45, 2.75) is 24.8 Å². The van der Waals surface area contributed by atoms with Crippen molar-refractivity contribution < 1.29 is 9.15 Å². The Bertz CT molecular complexity index is 1070. The number of aromatic nitrogens is 5. The molecule has 0 N–H and O–H groups in total. The van der Waals surface area contributed by atoms with Crippen molar-refractivity contribution in [2.75, 3.05) is 7.11 Å². The number of thioether (sulfide) groups is 1. The zero-order valence-corrected chi connectivity index (χ0v) is 16.7. The lowest BCUT2D eigenvalue weighted by Crippen LogP contribution is -2.02. The Labute approximate surface area is 164 Å². The van der Waals surface area contributed by atoms with E-state index in [-0.39, 0.29) is 0 Å². The van der Waals surface area contributed by atoms with E-state index in [4.69, 9.17) is 9.15 Å². The molecule has 3 heterocycles. The summed E-state index contributed by atoms with van der Waals surface area (Å²) in [5.74, 6) is 3.05. The van der Waals surface area contributed by atoms with E-state index in [1.807, 2.05) is 49.6 Å². The molecule has 0 radical (unpaired) electrons. The van der Waals surface area contributed by atoms with Crippen LogP contribution in [0, 0.1) is 13.8 Å². The summed E-state index contributed by atoms with van der Waals surface area (Å²) >= 11 is 3.09. The molecule has 0 spiro atoms. The quantitative estimate of drug-likeness (QED) is 0.447. The van der Waals surface area contributed by atoms with Gasteiger partial charge >= 0.3 is 0 Å². The first-order valence-electron chi connectivity index (χ1n) is 8.21. The summed E-state index contributed by atoms with van der Waals surface area (Å²) in [7, 11) is 1.64. The molecule has 9 heteroatoms. The maximum atomic E-state index is 5.64. The van der Waals surface area contributed by atoms with Gasteiger partial charge in [0.2, 0.25) is 5.16 Å². The van der Waals surface area contributed by atoms with Crippen molar-refractivity contribution in [3.05, 3.63) is 52.7 Å². The minimum absolute atomic E-state index is 0.657. The molecule has 0 unspecified atom stereocenters. The largest absolute Gasteiger partial charge is 0.494 e. The van der Waals surface area contributed by atoms with Crippen LogP contribution >= 0.6 is 23.1 Å². The highest BCUT2D eigenvalue weighted by Crippen LogP contribution is 2.30. The molecule has 0 amide bonds. The Balaban J connectivity index is 1.53. The summed E-state index contributed by atoms with van der Waals surface area (Å²) in [6.45, 7) is 3.94. The third kappa shape index (κ3) is 3.74. The summed E-state index contributed by atoms with van der Waals surface area (Å²) in [5.41, 5.74) is 2.88. The Morgan fingerprint density at radius 3 is 2.89 bits per heavy atom. The van der Waals surface area contributed by atoms with Crippen LogP contribution in [0.1, 0.15) is 17.0 Å². The first-order valence-corrected chi connectivity index (χ1v) is 10.1. The molecule has 4 rings (SSSR count). The standard InChI is InChI=1S/C18H17N5O2S2/c1-11-4-6-15(24-3)14(8-11)23-18(20-21-22-23)27-10-13-9-26-17(19-13)16-7-5-12(2)25-16/h4-9H,10H2,1-3H3. The zero-order valence-electron chi connectivity index (χ0n) is 15.0. The minimum atomic E-state index is 0.657. The van der Waals surface area contributed by atoms with Gasteiger partial charge in [-0.2, -0.15) is 4.68 Å². The van der Waals surface area contributed by atoms with Gasteiger partial charge in [-0.05, 0) is 54.1 Å². The van der Waals surface area contributed by atoms with E-state index in [0.717, 1.165) is 39.2 Å². The average molecular weight is 400 g/mol. The number of ether oxygens (including phenoxy) is 1. The van der Waals surface area contributed by atoms with E-state index < -0.39 is 0 Å². The molecule has 27 heavy (non-hydrogen) atoms. The fraction of sp³-hybridized carbons (Fsp3) is 0.222. The number of furan rings is 1. The number of benzene rings is 1. The molecule has 0 aliphatic heterocycles. The van der Waals surface area contributed by atoms with Crippen molar-refractivity contribution in [2.24, 2.45) is 0 Å². The van der Waals surface area contributed by atoms with Crippen molar-refractivity contribution >= 4 is 23.1 Å².